The van der Waals surface area contributed by atoms with Gasteiger partial charge in [0.2, 0.25) is 0 Å². The zero-order valence-corrected chi connectivity index (χ0v) is 17.0. The number of aromatic nitrogens is 3. The van der Waals surface area contributed by atoms with Gasteiger partial charge in [-0.25, -0.2) is 9.37 Å². The van der Waals surface area contributed by atoms with Crippen molar-refractivity contribution in [2.45, 2.75) is 20.4 Å². The molecular formula is C21H19FN4O2S. The number of para-hydroxylation sites is 1. The lowest BCUT2D eigenvalue weighted by Gasteiger charge is -2.17. The molecule has 29 heavy (non-hydrogen) atoms. The minimum Gasteiger partial charge on any atom is -0.334 e. The summed E-state index contributed by atoms with van der Waals surface area (Å²) in [5.41, 5.74) is 2.70. The summed E-state index contributed by atoms with van der Waals surface area (Å²) in [4.78, 5) is 33.8. The Balaban J connectivity index is 1.65. The number of hydrogen-bond acceptors (Lipinski definition) is 4. The predicted molar refractivity (Wildman–Crippen MR) is 111 cm³/mol. The van der Waals surface area contributed by atoms with Gasteiger partial charge in [0, 0.05) is 18.4 Å². The molecule has 1 aromatic carbocycles. The van der Waals surface area contributed by atoms with Crippen LogP contribution in [0, 0.1) is 19.7 Å². The van der Waals surface area contributed by atoms with Crippen LogP contribution in [0.5, 0.6) is 0 Å². The van der Waals surface area contributed by atoms with Gasteiger partial charge in [-0.15, -0.1) is 11.3 Å². The molecule has 3 heterocycles. The average molecular weight is 410 g/mol. The Morgan fingerprint density at radius 1 is 1.28 bits per heavy atom. The van der Waals surface area contributed by atoms with Crippen LogP contribution in [0.2, 0.25) is 0 Å². The molecule has 0 bridgehead atoms. The van der Waals surface area contributed by atoms with Crippen molar-refractivity contribution in [3.8, 4) is 5.69 Å². The van der Waals surface area contributed by atoms with Gasteiger partial charge >= 0.3 is 0 Å². The molecule has 0 atom stereocenters. The molecule has 0 spiro atoms. The Hall–Kier alpha value is -3.26. The number of benzene rings is 1. The zero-order valence-electron chi connectivity index (χ0n) is 16.2. The first-order valence-electron chi connectivity index (χ1n) is 9.02. The van der Waals surface area contributed by atoms with Gasteiger partial charge in [0.25, 0.3) is 11.5 Å². The minimum absolute atomic E-state index is 0.156. The van der Waals surface area contributed by atoms with Crippen LogP contribution in [0.25, 0.3) is 15.9 Å². The van der Waals surface area contributed by atoms with E-state index >= 15 is 0 Å². The summed E-state index contributed by atoms with van der Waals surface area (Å²) in [7, 11) is 1.65. The number of rotatable bonds is 4. The second-order valence-corrected chi connectivity index (χ2v) is 7.80. The number of nitrogens with one attached hydrogen (secondary N) is 1. The fourth-order valence-electron chi connectivity index (χ4n) is 3.48. The van der Waals surface area contributed by atoms with Crippen LogP contribution in [0.3, 0.4) is 0 Å². The number of amides is 1. The van der Waals surface area contributed by atoms with Gasteiger partial charge in [0.15, 0.2) is 0 Å². The van der Waals surface area contributed by atoms with Crippen molar-refractivity contribution in [3.63, 3.8) is 0 Å². The van der Waals surface area contributed by atoms with Crippen LogP contribution < -0.4 is 5.56 Å². The third-order valence-corrected chi connectivity index (χ3v) is 5.75. The van der Waals surface area contributed by atoms with E-state index in [2.05, 4.69) is 9.97 Å². The number of nitrogens with zero attached hydrogens (tertiary/aromatic N) is 3. The molecule has 3 aromatic heterocycles. The smallest absolute Gasteiger partial charge is 0.268 e. The van der Waals surface area contributed by atoms with Gasteiger partial charge < -0.3 is 14.5 Å². The molecule has 4 rings (SSSR count). The highest BCUT2D eigenvalue weighted by atomic mass is 32.1. The molecular weight excluding hydrogens is 391 g/mol. The molecule has 4 aromatic rings. The molecule has 6 nitrogen and oxygen atoms in total. The second-order valence-electron chi connectivity index (χ2n) is 6.88. The lowest BCUT2D eigenvalue weighted by Crippen LogP contribution is -2.28. The van der Waals surface area contributed by atoms with Crippen LogP contribution in [-0.2, 0) is 6.54 Å². The molecule has 148 valence electrons. The molecule has 0 fully saturated rings. The van der Waals surface area contributed by atoms with Crippen molar-refractivity contribution in [3.05, 3.63) is 80.7 Å². The van der Waals surface area contributed by atoms with Crippen LogP contribution in [0.1, 0.15) is 27.6 Å². The molecule has 0 saturated heterocycles. The Bertz CT molecular complexity index is 1290. The van der Waals surface area contributed by atoms with E-state index in [-0.39, 0.29) is 23.8 Å². The highest BCUT2D eigenvalue weighted by molar-refractivity contribution is 7.17. The quantitative estimate of drug-likeness (QED) is 0.556. The molecule has 0 saturated carbocycles. The number of carbonyl (C=O) groups excluding carboxylic acids is 1. The first kappa shape index (κ1) is 19.1. The zero-order chi connectivity index (χ0) is 20.7. The summed E-state index contributed by atoms with van der Waals surface area (Å²) in [5.74, 6) is -0.166. The van der Waals surface area contributed by atoms with E-state index in [0.29, 0.717) is 33.0 Å². The van der Waals surface area contributed by atoms with E-state index in [1.54, 1.807) is 48.9 Å². The number of aromatic amines is 1. The van der Waals surface area contributed by atoms with Crippen LogP contribution in [-0.4, -0.2) is 32.4 Å². The number of thiophene rings is 1. The number of fused-ring (bicyclic) bond motifs is 1. The van der Waals surface area contributed by atoms with Crippen LogP contribution in [0.15, 0.2) is 46.6 Å². The predicted octanol–water partition coefficient (Wildman–Crippen LogP) is 3.80. The molecule has 0 radical (unpaired) electrons. The van der Waals surface area contributed by atoms with Gasteiger partial charge in [-0.3, -0.25) is 9.59 Å². The monoisotopic (exact) mass is 410 g/mol. The van der Waals surface area contributed by atoms with Gasteiger partial charge in [-0.2, -0.15) is 0 Å². The largest absolute Gasteiger partial charge is 0.334 e. The molecule has 1 N–H and O–H groups in total. The Kier molecular flexibility index (Phi) is 4.79. The molecule has 1 amide bonds. The lowest BCUT2D eigenvalue weighted by atomic mass is 10.2. The second kappa shape index (κ2) is 7.29. The number of aryl methyl sites for hydroxylation is 1. The topological polar surface area (TPSA) is 71.0 Å². The standard InChI is InChI=1S/C21H19FN4O2S/c1-12-10-14(13(2)26(12)17-7-5-4-6-15(17)22)21(28)25(3)11-18-23-16-8-9-29-19(16)20(27)24-18/h4-10H,11H2,1-3H3,(H,23,24,27). The van der Waals surface area contributed by atoms with Crippen molar-refractivity contribution in [2.75, 3.05) is 7.05 Å². The summed E-state index contributed by atoms with van der Waals surface area (Å²) in [6.07, 6.45) is 0. The summed E-state index contributed by atoms with van der Waals surface area (Å²) in [6.45, 7) is 3.78. The first-order chi connectivity index (χ1) is 13.9. The summed E-state index contributed by atoms with van der Waals surface area (Å²) in [6, 6.07) is 9.99. The third kappa shape index (κ3) is 3.36. The number of H-pyrrole nitrogens is 1. The molecule has 0 aliphatic heterocycles. The molecule has 8 heteroatoms. The van der Waals surface area contributed by atoms with Crippen molar-refractivity contribution >= 4 is 27.5 Å². The maximum absolute atomic E-state index is 14.3. The maximum Gasteiger partial charge on any atom is 0.268 e. The van der Waals surface area contributed by atoms with E-state index in [1.165, 1.54) is 22.3 Å². The van der Waals surface area contributed by atoms with E-state index in [1.807, 2.05) is 12.3 Å². The fraction of sp³-hybridized carbons (Fsp3) is 0.190. The first-order valence-corrected chi connectivity index (χ1v) is 9.90. The van der Waals surface area contributed by atoms with Gasteiger partial charge in [-0.1, -0.05) is 12.1 Å². The number of hydrogen-bond donors (Lipinski definition) is 1. The maximum atomic E-state index is 14.3. The van der Waals surface area contributed by atoms with Gasteiger partial charge in [0.05, 0.1) is 23.3 Å². The van der Waals surface area contributed by atoms with E-state index in [9.17, 15) is 14.0 Å². The van der Waals surface area contributed by atoms with Crippen molar-refractivity contribution < 1.29 is 9.18 Å². The van der Waals surface area contributed by atoms with Crippen molar-refractivity contribution in [1.29, 1.82) is 0 Å². The van der Waals surface area contributed by atoms with Crippen LogP contribution in [0.4, 0.5) is 4.39 Å². The summed E-state index contributed by atoms with van der Waals surface area (Å²) in [5, 5.41) is 1.81. The third-order valence-electron chi connectivity index (χ3n) is 4.85. The van der Waals surface area contributed by atoms with Gasteiger partial charge in [-0.05, 0) is 43.5 Å². The summed E-state index contributed by atoms with van der Waals surface area (Å²) >= 11 is 1.33. The highest BCUT2D eigenvalue weighted by Gasteiger charge is 2.21. The normalized spacial score (nSPS) is 11.2. The number of halogens is 1. The van der Waals surface area contributed by atoms with Gasteiger partial charge in [0.1, 0.15) is 16.3 Å². The van der Waals surface area contributed by atoms with E-state index in [0.717, 1.165) is 5.69 Å². The Labute approximate surface area is 170 Å². The summed E-state index contributed by atoms with van der Waals surface area (Å²) < 4.78 is 16.6. The lowest BCUT2D eigenvalue weighted by molar-refractivity contribution is 0.0781. The fourth-order valence-corrected chi connectivity index (χ4v) is 4.21. The molecule has 0 unspecified atom stereocenters. The average Bonchev–Trinajstić information content (AvgIpc) is 3.26. The minimum atomic E-state index is -0.354. The molecule has 0 aliphatic carbocycles. The van der Waals surface area contributed by atoms with Crippen molar-refractivity contribution in [2.24, 2.45) is 0 Å². The Morgan fingerprint density at radius 2 is 2.03 bits per heavy atom. The highest BCUT2D eigenvalue weighted by Crippen LogP contribution is 2.24. The van der Waals surface area contributed by atoms with Crippen LogP contribution >= 0.6 is 11.3 Å². The van der Waals surface area contributed by atoms with Crippen molar-refractivity contribution in [1.82, 2.24) is 19.4 Å². The Morgan fingerprint density at radius 3 is 2.79 bits per heavy atom. The SMILES string of the molecule is Cc1cc(C(=O)N(C)Cc2nc3ccsc3c(=O)[nH]2)c(C)n1-c1ccccc1F. The van der Waals surface area contributed by atoms with E-state index in [4.69, 9.17) is 0 Å². The molecule has 0 aliphatic rings. The van der Waals surface area contributed by atoms with E-state index < -0.39 is 0 Å². The number of carbonyl (C=O) groups is 1.